The van der Waals surface area contributed by atoms with Gasteiger partial charge in [0.05, 0.1) is 21.2 Å². The molecule has 3 aromatic rings. The number of sulfone groups is 1. The summed E-state index contributed by atoms with van der Waals surface area (Å²) in [5.74, 6) is -0.405. The molecule has 0 radical (unpaired) electrons. The van der Waals surface area contributed by atoms with Crippen LogP contribution >= 0.6 is 11.3 Å². The van der Waals surface area contributed by atoms with Gasteiger partial charge in [0.1, 0.15) is 10.4 Å². The lowest BCUT2D eigenvalue weighted by molar-refractivity contribution is -0.137. The maximum Gasteiger partial charge on any atom is 0.420 e. The third-order valence-electron chi connectivity index (χ3n) is 8.57. The van der Waals surface area contributed by atoms with Crippen LogP contribution in [-0.2, 0) is 16.0 Å². The number of hydrogen-bond acceptors (Lipinski definition) is 9. The van der Waals surface area contributed by atoms with Gasteiger partial charge in [0.25, 0.3) is 5.91 Å². The van der Waals surface area contributed by atoms with Crippen molar-refractivity contribution in [2.75, 3.05) is 55.7 Å². The third-order valence-corrected chi connectivity index (χ3v) is 11.5. The molecule has 1 N–H and O–H groups in total. The van der Waals surface area contributed by atoms with E-state index in [1.807, 2.05) is 12.1 Å². The minimum Gasteiger partial charge on any atom is -0.369 e. The number of fused-ring (bicyclic) bond motifs is 1. The number of nitrogens with one attached hydrogen (secondary N) is 1. The van der Waals surface area contributed by atoms with Gasteiger partial charge in [-0.2, -0.15) is 13.2 Å². The molecule has 7 rings (SSSR count). The summed E-state index contributed by atoms with van der Waals surface area (Å²) in [6, 6.07) is 7.22. The van der Waals surface area contributed by atoms with Crippen LogP contribution in [0.3, 0.4) is 0 Å². The first-order valence-electron chi connectivity index (χ1n) is 14.4. The fourth-order valence-electron chi connectivity index (χ4n) is 5.78. The van der Waals surface area contributed by atoms with Crippen LogP contribution in [0.1, 0.15) is 52.4 Å². The predicted octanol–water partition coefficient (Wildman–Crippen LogP) is 4.99. The normalized spacial score (nSPS) is 21.1. The Morgan fingerprint density at radius 2 is 1.77 bits per heavy atom. The summed E-state index contributed by atoms with van der Waals surface area (Å²) in [7, 11) is -1.77. The first-order valence-corrected chi connectivity index (χ1v) is 16.9. The first-order chi connectivity index (χ1) is 20.5. The van der Waals surface area contributed by atoms with Gasteiger partial charge in [-0.3, -0.25) is 4.79 Å². The van der Waals surface area contributed by atoms with E-state index in [2.05, 4.69) is 38.2 Å². The fraction of sp³-hybridized carbons (Fsp3) is 0.483. The summed E-state index contributed by atoms with van der Waals surface area (Å²) in [4.78, 5) is 27.4. The highest BCUT2D eigenvalue weighted by atomic mass is 32.2. The van der Waals surface area contributed by atoms with E-state index < -0.39 is 33.2 Å². The van der Waals surface area contributed by atoms with E-state index in [0.717, 1.165) is 86.3 Å². The van der Waals surface area contributed by atoms with Crippen molar-refractivity contribution in [3.05, 3.63) is 46.5 Å². The maximum atomic E-state index is 14.2. The summed E-state index contributed by atoms with van der Waals surface area (Å²) >= 11 is 0.745. The number of nitrogens with zero attached hydrogens (tertiary/aromatic N) is 5. The van der Waals surface area contributed by atoms with Crippen molar-refractivity contribution >= 4 is 44.4 Å². The van der Waals surface area contributed by atoms with Gasteiger partial charge >= 0.3 is 6.18 Å². The maximum absolute atomic E-state index is 14.2. The number of benzene rings is 1. The molecular formula is C29H31F3N6O3S2. The number of amides is 1. The van der Waals surface area contributed by atoms with Crippen molar-refractivity contribution in [3.63, 3.8) is 0 Å². The molecule has 0 spiro atoms. The van der Waals surface area contributed by atoms with E-state index in [-0.39, 0.29) is 38.9 Å². The Morgan fingerprint density at radius 1 is 1.02 bits per heavy atom. The molecule has 14 heteroatoms. The molecule has 2 saturated carbocycles. The van der Waals surface area contributed by atoms with Gasteiger partial charge in [-0.05, 0) is 68.5 Å². The summed E-state index contributed by atoms with van der Waals surface area (Å²) in [5.41, 5.74) is 1.37. The van der Waals surface area contributed by atoms with Gasteiger partial charge in [0.2, 0.25) is 5.95 Å². The summed E-state index contributed by atoms with van der Waals surface area (Å²) in [5, 5.41) is 3.14. The van der Waals surface area contributed by atoms with Crippen LogP contribution < -0.4 is 10.2 Å². The number of thiophene rings is 1. The Labute approximate surface area is 251 Å². The number of carbonyl (C=O) groups is 1. The Balaban J connectivity index is 1.25. The molecule has 2 aliphatic carbocycles. The predicted molar refractivity (Wildman–Crippen MR) is 158 cm³/mol. The first kappa shape index (κ1) is 28.5. The Bertz CT molecular complexity index is 1690. The van der Waals surface area contributed by atoms with Crippen molar-refractivity contribution < 1.29 is 26.4 Å². The van der Waals surface area contributed by atoms with Gasteiger partial charge in [-0.25, -0.2) is 18.4 Å². The van der Waals surface area contributed by atoms with Crippen molar-refractivity contribution in [1.82, 2.24) is 19.8 Å². The fourth-order valence-corrected chi connectivity index (χ4v) is 8.70. The highest BCUT2D eigenvalue weighted by Gasteiger charge is 2.42. The number of likely N-dealkylation sites (N-methyl/N-ethyl adjacent to an activating group) is 1. The minimum atomic E-state index is -4.79. The quantitative estimate of drug-likeness (QED) is 0.406. The highest BCUT2D eigenvalue weighted by molar-refractivity contribution is 7.91. The number of aromatic nitrogens is 2. The van der Waals surface area contributed by atoms with E-state index in [4.69, 9.17) is 0 Å². The molecule has 9 nitrogen and oxygen atoms in total. The molecule has 2 aromatic heterocycles. The zero-order chi connectivity index (χ0) is 30.1. The molecular weight excluding hydrogens is 601 g/mol. The Hall–Kier alpha value is -3.23. The van der Waals surface area contributed by atoms with Crippen LogP contribution in [0.15, 0.2) is 35.4 Å². The van der Waals surface area contributed by atoms with E-state index >= 15 is 0 Å². The number of alkyl halides is 3. The van der Waals surface area contributed by atoms with Crippen molar-refractivity contribution in [1.29, 1.82) is 0 Å². The molecule has 2 aliphatic heterocycles. The van der Waals surface area contributed by atoms with Gasteiger partial charge < -0.3 is 20.0 Å². The molecule has 4 heterocycles. The van der Waals surface area contributed by atoms with Crippen molar-refractivity contribution in [3.8, 4) is 10.6 Å². The second kappa shape index (κ2) is 10.4. The minimum absolute atomic E-state index is 0.0249. The number of hydrogen-bond donors (Lipinski definition) is 1. The molecule has 43 heavy (non-hydrogen) atoms. The molecule has 1 saturated heterocycles. The zero-order valence-electron chi connectivity index (χ0n) is 23.5. The van der Waals surface area contributed by atoms with Crippen molar-refractivity contribution in [2.45, 2.75) is 48.7 Å². The average molecular weight is 633 g/mol. The molecule has 228 valence electrons. The number of carbonyl (C=O) groups excluding carboxylic acids is 1. The van der Waals surface area contributed by atoms with Gasteiger partial charge in [0.15, 0.2) is 9.84 Å². The van der Waals surface area contributed by atoms with E-state index in [1.165, 1.54) is 11.0 Å². The van der Waals surface area contributed by atoms with E-state index in [1.54, 1.807) is 0 Å². The molecule has 3 fully saturated rings. The smallest absolute Gasteiger partial charge is 0.369 e. The second-order valence-electron chi connectivity index (χ2n) is 11.8. The second-order valence-corrected chi connectivity index (χ2v) is 14.9. The number of anilines is 3. The Morgan fingerprint density at radius 3 is 2.44 bits per heavy atom. The van der Waals surface area contributed by atoms with Crippen molar-refractivity contribution in [2.24, 2.45) is 0 Å². The molecule has 0 unspecified atom stereocenters. The van der Waals surface area contributed by atoms with E-state index in [9.17, 15) is 26.4 Å². The third kappa shape index (κ3) is 5.60. The molecule has 0 bridgehead atoms. The Kier molecular flexibility index (Phi) is 6.93. The highest BCUT2D eigenvalue weighted by Crippen LogP contribution is 2.46. The summed E-state index contributed by atoms with van der Waals surface area (Å²) in [6.45, 7) is 3.85. The van der Waals surface area contributed by atoms with Gasteiger partial charge in [-0.1, -0.05) is 0 Å². The molecule has 1 amide bonds. The standard InChI is InChI=1S/C29H31F3N6O3S2/c1-36-8-10-37(11-9-36)19-6-7-22(20(14-19)17-2-3-17)34-28-33-16-21(29(30,31)32)25(35-28)23-15-24-26(42-23)27(39)38(18-4-5-18)12-13-43(24,40)41/h6-7,14-18H,2-5,8-13H2,1H3,(H,33,34,35). The van der Waals surface area contributed by atoms with Crippen LogP contribution in [0.2, 0.25) is 0 Å². The van der Waals surface area contributed by atoms with Crippen LogP contribution in [0, 0.1) is 0 Å². The number of rotatable bonds is 6. The summed E-state index contributed by atoms with van der Waals surface area (Å²) in [6.07, 6.45) is -0.434. The van der Waals surface area contributed by atoms with Crippen LogP contribution in [0.5, 0.6) is 0 Å². The largest absolute Gasteiger partial charge is 0.420 e. The monoisotopic (exact) mass is 632 g/mol. The van der Waals surface area contributed by atoms with Gasteiger partial charge in [-0.15, -0.1) is 11.3 Å². The molecule has 4 aliphatic rings. The zero-order valence-corrected chi connectivity index (χ0v) is 25.2. The average Bonchev–Trinajstić information content (AvgIpc) is 3.91. The summed E-state index contributed by atoms with van der Waals surface area (Å²) < 4.78 is 68.7. The molecule has 1 aromatic carbocycles. The van der Waals surface area contributed by atoms with Crippen LogP contribution in [-0.4, -0.2) is 85.7 Å². The van der Waals surface area contributed by atoms with Crippen LogP contribution in [0.4, 0.5) is 30.5 Å². The SMILES string of the molecule is CN1CCN(c2ccc(Nc3ncc(C(F)(F)F)c(-c4cc5c(s4)C(=O)N(C4CC4)CCS5(=O)=O)n3)c(C3CC3)c2)CC1. The van der Waals surface area contributed by atoms with E-state index in [0.29, 0.717) is 5.92 Å². The number of halogens is 3. The number of piperazine rings is 1. The lowest BCUT2D eigenvalue weighted by atomic mass is 10.1. The lowest BCUT2D eigenvalue weighted by Crippen LogP contribution is -2.44. The molecule has 0 atom stereocenters. The van der Waals surface area contributed by atoms with Crippen LogP contribution in [0.25, 0.3) is 10.6 Å². The topological polar surface area (TPSA) is 98.7 Å². The van der Waals surface area contributed by atoms with Gasteiger partial charge in [0, 0.05) is 56.3 Å². The lowest BCUT2D eigenvalue weighted by Gasteiger charge is -2.34.